The minimum atomic E-state index is 0.0531. The van der Waals surface area contributed by atoms with Crippen molar-refractivity contribution in [2.45, 2.75) is 39.2 Å². The third-order valence-corrected chi connectivity index (χ3v) is 5.93. The smallest absolute Gasteiger partial charge is 0.264 e. The normalized spacial score (nSPS) is 17.8. The van der Waals surface area contributed by atoms with Gasteiger partial charge < -0.3 is 9.88 Å². The summed E-state index contributed by atoms with van der Waals surface area (Å²) in [5, 5.41) is 0. The minimum Gasteiger partial charge on any atom is -0.340 e. The molecule has 1 amide bonds. The average molecular weight is 339 g/mol. The monoisotopic (exact) mass is 339 g/mol. The van der Waals surface area contributed by atoms with Crippen LogP contribution in [0, 0.1) is 6.92 Å². The van der Waals surface area contributed by atoms with Crippen molar-refractivity contribution in [3.05, 3.63) is 51.5 Å². The number of imidazole rings is 1. The van der Waals surface area contributed by atoms with Gasteiger partial charge in [0.1, 0.15) is 5.82 Å². The Bertz CT molecular complexity index is 862. The molecule has 124 valence electrons. The number of fused-ring (bicyclic) bond motifs is 1. The SMILES string of the molecule is CCc1cc(C(=O)N2CCC[C@@H]2c2nc3ccccc3[nH]2)sc1C. The number of nitrogens with one attached hydrogen (secondary N) is 1. The molecule has 5 heteroatoms. The molecule has 1 aliphatic rings. The maximum absolute atomic E-state index is 13.0. The molecular formula is C19H21N3OS. The van der Waals surface area contributed by atoms with Gasteiger partial charge in [0.05, 0.1) is 22.0 Å². The van der Waals surface area contributed by atoms with Crippen LogP contribution in [0.4, 0.5) is 0 Å². The molecule has 0 bridgehead atoms. The number of aromatic nitrogens is 2. The Labute approximate surface area is 145 Å². The van der Waals surface area contributed by atoms with Crippen molar-refractivity contribution < 1.29 is 4.79 Å². The molecular weight excluding hydrogens is 318 g/mol. The second kappa shape index (κ2) is 6.06. The summed E-state index contributed by atoms with van der Waals surface area (Å²) in [5.74, 6) is 1.05. The van der Waals surface area contributed by atoms with Crippen LogP contribution in [0.5, 0.6) is 0 Å². The molecule has 3 aromatic rings. The maximum atomic E-state index is 13.0. The highest BCUT2D eigenvalue weighted by molar-refractivity contribution is 7.14. The molecule has 1 fully saturated rings. The van der Waals surface area contributed by atoms with E-state index >= 15 is 0 Å². The van der Waals surface area contributed by atoms with Gasteiger partial charge in [-0.2, -0.15) is 0 Å². The first kappa shape index (κ1) is 15.4. The van der Waals surface area contributed by atoms with Gasteiger partial charge in [0.25, 0.3) is 5.91 Å². The van der Waals surface area contributed by atoms with E-state index in [1.807, 2.05) is 29.2 Å². The molecule has 4 nitrogen and oxygen atoms in total. The summed E-state index contributed by atoms with van der Waals surface area (Å²) < 4.78 is 0. The molecule has 4 rings (SSSR count). The molecule has 2 aromatic heterocycles. The number of para-hydroxylation sites is 2. The molecule has 1 aromatic carbocycles. The van der Waals surface area contributed by atoms with Crippen molar-refractivity contribution in [2.24, 2.45) is 0 Å². The third-order valence-electron chi connectivity index (χ3n) is 4.85. The first-order valence-corrected chi connectivity index (χ1v) is 9.34. The number of carbonyl (C=O) groups is 1. The number of likely N-dealkylation sites (tertiary alicyclic amines) is 1. The lowest BCUT2D eigenvalue weighted by Gasteiger charge is -2.22. The molecule has 0 aliphatic carbocycles. The standard InChI is InChI=1S/C19H21N3OS/c1-3-13-11-17(24-12(13)2)19(23)22-10-6-9-16(22)18-20-14-7-4-5-8-15(14)21-18/h4-5,7-8,11,16H,3,6,9-10H2,1-2H3,(H,20,21)/t16-/m1/s1. The van der Waals surface area contributed by atoms with Gasteiger partial charge in [-0.05, 0) is 49.9 Å². The fraction of sp³-hybridized carbons (Fsp3) is 0.368. The quantitative estimate of drug-likeness (QED) is 0.765. The van der Waals surface area contributed by atoms with Crippen molar-refractivity contribution >= 4 is 28.3 Å². The highest BCUT2D eigenvalue weighted by Crippen LogP contribution is 2.34. The zero-order valence-corrected chi connectivity index (χ0v) is 14.8. The Morgan fingerprint density at radius 2 is 2.25 bits per heavy atom. The molecule has 0 radical (unpaired) electrons. The largest absolute Gasteiger partial charge is 0.340 e. The van der Waals surface area contributed by atoms with Crippen LogP contribution in [-0.2, 0) is 6.42 Å². The Balaban J connectivity index is 1.65. The lowest BCUT2D eigenvalue weighted by molar-refractivity contribution is 0.0735. The number of aromatic amines is 1. The van der Waals surface area contributed by atoms with E-state index in [2.05, 4.69) is 24.9 Å². The van der Waals surface area contributed by atoms with Gasteiger partial charge in [-0.25, -0.2) is 4.98 Å². The topological polar surface area (TPSA) is 49.0 Å². The van der Waals surface area contributed by atoms with E-state index in [1.54, 1.807) is 11.3 Å². The van der Waals surface area contributed by atoms with Gasteiger partial charge in [-0.3, -0.25) is 4.79 Å². The number of carbonyl (C=O) groups excluding carboxylic acids is 1. The fourth-order valence-electron chi connectivity index (χ4n) is 3.54. The van der Waals surface area contributed by atoms with Crippen LogP contribution in [0.1, 0.15) is 51.7 Å². The summed E-state index contributed by atoms with van der Waals surface area (Å²) in [4.78, 5) is 25.2. The Kier molecular flexibility index (Phi) is 3.88. The zero-order chi connectivity index (χ0) is 16.7. The lowest BCUT2D eigenvalue weighted by atomic mass is 10.2. The van der Waals surface area contributed by atoms with Gasteiger partial charge in [0.15, 0.2) is 0 Å². The van der Waals surface area contributed by atoms with Crippen LogP contribution >= 0.6 is 11.3 Å². The van der Waals surface area contributed by atoms with E-state index < -0.39 is 0 Å². The summed E-state index contributed by atoms with van der Waals surface area (Å²) >= 11 is 1.61. The summed E-state index contributed by atoms with van der Waals surface area (Å²) in [5.41, 5.74) is 3.28. The molecule has 1 N–H and O–H groups in total. The molecule has 3 heterocycles. The van der Waals surface area contributed by atoms with E-state index in [-0.39, 0.29) is 11.9 Å². The second-order valence-electron chi connectivity index (χ2n) is 6.34. The Morgan fingerprint density at radius 1 is 1.42 bits per heavy atom. The molecule has 24 heavy (non-hydrogen) atoms. The minimum absolute atomic E-state index is 0.0531. The van der Waals surface area contributed by atoms with E-state index in [4.69, 9.17) is 4.98 Å². The van der Waals surface area contributed by atoms with Crippen LogP contribution in [0.3, 0.4) is 0 Å². The number of aryl methyl sites for hydroxylation is 2. The first-order chi connectivity index (χ1) is 11.7. The van der Waals surface area contributed by atoms with Crippen LogP contribution < -0.4 is 0 Å². The van der Waals surface area contributed by atoms with E-state index in [0.717, 1.165) is 47.5 Å². The Morgan fingerprint density at radius 3 is 3.00 bits per heavy atom. The third kappa shape index (κ3) is 2.53. The van der Waals surface area contributed by atoms with Crippen LogP contribution in [-0.4, -0.2) is 27.3 Å². The molecule has 1 saturated heterocycles. The number of rotatable bonds is 3. The highest BCUT2D eigenvalue weighted by Gasteiger charge is 2.33. The number of benzene rings is 1. The number of nitrogens with zero attached hydrogens (tertiary/aromatic N) is 2. The number of hydrogen-bond donors (Lipinski definition) is 1. The predicted molar refractivity (Wildman–Crippen MR) is 97.5 cm³/mol. The highest BCUT2D eigenvalue weighted by atomic mass is 32.1. The number of thiophene rings is 1. The Hall–Kier alpha value is -2.14. The van der Waals surface area contributed by atoms with Crippen LogP contribution in [0.25, 0.3) is 11.0 Å². The van der Waals surface area contributed by atoms with E-state index in [0.29, 0.717) is 0 Å². The van der Waals surface area contributed by atoms with Crippen molar-refractivity contribution in [2.75, 3.05) is 6.54 Å². The van der Waals surface area contributed by atoms with Crippen molar-refractivity contribution in [1.82, 2.24) is 14.9 Å². The second-order valence-corrected chi connectivity index (χ2v) is 7.60. The van der Waals surface area contributed by atoms with Crippen LogP contribution in [0.15, 0.2) is 30.3 Å². The summed E-state index contributed by atoms with van der Waals surface area (Å²) in [6.45, 7) is 5.04. The molecule has 0 saturated carbocycles. The van der Waals surface area contributed by atoms with Gasteiger partial charge in [-0.15, -0.1) is 11.3 Å². The number of amides is 1. The summed E-state index contributed by atoms with van der Waals surface area (Å²) in [7, 11) is 0. The van der Waals surface area contributed by atoms with Gasteiger partial charge in [0.2, 0.25) is 0 Å². The van der Waals surface area contributed by atoms with Gasteiger partial charge in [-0.1, -0.05) is 19.1 Å². The number of hydrogen-bond acceptors (Lipinski definition) is 3. The van der Waals surface area contributed by atoms with Crippen molar-refractivity contribution in [1.29, 1.82) is 0 Å². The van der Waals surface area contributed by atoms with Crippen LogP contribution in [0.2, 0.25) is 0 Å². The first-order valence-electron chi connectivity index (χ1n) is 8.52. The number of H-pyrrole nitrogens is 1. The molecule has 0 unspecified atom stereocenters. The van der Waals surface area contributed by atoms with Gasteiger partial charge >= 0.3 is 0 Å². The summed E-state index contributed by atoms with van der Waals surface area (Å²) in [6.07, 6.45) is 2.97. The zero-order valence-electron chi connectivity index (χ0n) is 14.0. The van der Waals surface area contributed by atoms with Crippen molar-refractivity contribution in [3.63, 3.8) is 0 Å². The average Bonchev–Trinajstić information content (AvgIpc) is 3.30. The van der Waals surface area contributed by atoms with E-state index in [9.17, 15) is 4.79 Å². The molecule has 1 atom stereocenters. The maximum Gasteiger partial charge on any atom is 0.264 e. The molecule has 1 aliphatic heterocycles. The van der Waals surface area contributed by atoms with E-state index in [1.165, 1.54) is 10.4 Å². The van der Waals surface area contributed by atoms with Gasteiger partial charge in [0, 0.05) is 11.4 Å². The van der Waals surface area contributed by atoms with Crippen molar-refractivity contribution in [3.8, 4) is 0 Å². The summed E-state index contributed by atoms with van der Waals surface area (Å²) in [6, 6.07) is 10.2. The fourth-order valence-corrected chi connectivity index (χ4v) is 4.61. The predicted octanol–water partition coefficient (Wildman–Crippen LogP) is 4.47. The molecule has 0 spiro atoms. The lowest BCUT2D eigenvalue weighted by Crippen LogP contribution is -2.30.